The van der Waals surface area contributed by atoms with Gasteiger partial charge in [-0.15, -0.1) is 0 Å². The van der Waals surface area contributed by atoms with Crippen LogP contribution in [0.2, 0.25) is 0 Å². The molecule has 0 saturated heterocycles. The first-order chi connectivity index (χ1) is 10.2. The Bertz CT molecular complexity index is 547. The molecule has 0 spiro atoms. The van der Waals surface area contributed by atoms with Crippen LogP contribution in [0.3, 0.4) is 0 Å². The van der Waals surface area contributed by atoms with E-state index in [0.717, 1.165) is 24.0 Å². The van der Waals surface area contributed by atoms with Gasteiger partial charge in [-0.1, -0.05) is 48.6 Å². The number of methoxy groups -OCH3 is 2. The molecule has 1 aliphatic rings. The number of carboxylic acid groups (broad SMARTS) is 1. The van der Waals surface area contributed by atoms with Gasteiger partial charge in [0.1, 0.15) is 0 Å². The Labute approximate surface area is 124 Å². The number of aliphatic carboxylic acids is 1. The summed E-state index contributed by atoms with van der Waals surface area (Å²) in [5.74, 6) is -1.05. The first kappa shape index (κ1) is 15.5. The lowest BCUT2D eigenvalue weighted by Crippen LogP contribution is -2.48. The topological polar surface area (TPSA) is 55.8 Å². The Morgan fingerprint density at radius 2 is 1.95 bits per heavy atom. The standard InChI is InChI=1S/C17H20O4/c1-20-15(16(18)19)17(21-2,13-9-5-3-6-10-13)14-11-7-4-8-12-14/h3,5-7,9-12,15H,4,8H2,1-2H3,(H,18,19). The molecular formula is C17H20O4. The second kappa shape index (κ2) is 6.70. The van der Waals surface area contributed by atoms with Crippen molar-refractivity contribution in [1.82, 2.24) is 0 Å². The SMILES string of the molecule is COC(C(=O)O)C(OC)(C1=CCCC=C1)c1ccccc1. The van der Waals surface area contributed by atoms with Gasteiger partial charge < -0.3 is 14.6 Å². The van der Waals surface area contributed by atoms with Gasteiger partial charge >= 0.3 is 5.97 Å². The molecule has 0 amide bonds. The van der Waals surface area contributed by atoms with Crippen molar-refractivity contribution in [2.24, 2.45) is 0 Å². The predicted octanol–water partition coefficient (Wildman–Crippen LogP) is 2.90. The van der Waals surface area contributed by atoms with Gasteiger partial charge in [-0.2, -0.15) is 0 Å². The van der Waals surface area contributed by atoms with E-state index in [9.17, 15) is 9.90 Å². The number of allylic oxidation sites excluding steroid dienone is 2. The predicted molar refractivity (Wildman–Crippen MR) is 80.0 cm³/mol. The second-order valence-electron chi connectivity index (χ2n) is 4.90. The van der Waals surface area contributed by atoms with Gasteiger partial charge in [0.25, 0.3) is 0 Å². The van der Waals surface area contributed by atoms with Gasteiger partial charge in [0.15, 0.2) is 11.7 Å². The Hall–Kier alpha value is -1.91. The molecule has 0 fully saturated rings. The highest BCUT2D eigenvalue weighted by atomic mass is 16.6. The van der Waals surface area contributed by atoms with Crippen LogP contribution in [0.1, 0.15) is 18.4 Å². The number of rotatable bonds is 6. The van der Waals surface area contributed by atoms with Crippen molar-refractivity contribution in [2.45, 2.75) is 24.5 Å². The summed E-state index contributed by atoms with van der Waals surface area (Å²) < 4.78 is 11.0. The zero-order valence-electron chi connectivity index (χ0n) is 12.3. The first-order valence-electron chi connectivity index (χ1n) is 6.90. The summed E-state index contributed by atoms with van der Waals surface area (Å²) in [5, 5.41) is 9.58. The molecule has 2 unspecified atom stereocenters. The minimum absolute atomic E-state index is 0.763. The van der Waals surface area contributed by atoms with Crippen molar-refractivity contribution >= 4 is 5.97 Å². The van der Waals surface area contributed by atoms with Crippen molar-refractivity contribution in [3.05, 3.63) is 59.7 Å². The van der Waals surface area contributed by atoms with Crippen molar-refractivity contribution < 1.29 is 19.4 Å². The molecule has 112 valence electrons. The molecule has 21 heavy (non-hydrogen) atoms. The van der Waals surface area contributed by atoms with Crippen LogP contribution in [0.25, 0.3) is 0 Å². The summed E-state index contributed by atoms with van der Waals surface area (Å²) in [6.45, 7) is 0. The van der Waals surface area contributed by atoms with E-state index >= 15 is 0 Å². The smallest absolute Gasteiger partial charge is 0.336 e. The van der Waals surface area contributed by atoms with Gasteiger partial charge in [0, 0.05) is 14.2 Å². The third kappa shape index (κ3) is 2.77. The monoisotopic (exact) mass is 288 g/mol. The largest absolute Gasteiger partial charge is 0.479 e. The molecule has 2 atom stereocenters. The van der Waals surface area contributed by atoms with Gasteiger partial charge in [0.05, 0.1) is 0 Å². The summed E-state index contributed by atoms with van der Waals surface area (Å²) in [5.41, 5.74) is 0.426. The maximum absolute atomic E-state index is 11.7. The second-order valence-corrected chi connectivity index (χ2v) is 4.90. The molecule has 0 bridgehead atoms. The highest BCUT2D eigenvalue weighted by Gasteiger charge is 2.48. The van der Waals surface area contributed by atoms with E-state index in [2.05, 4.69) is 0 Å². The van der Waals surface area contributed by atoms with Crippen molar-refractivity contribution in [2.75, 3.05) is 14.2 Å². The van der Waals surface area contributed by atoms with Gasteiger partial charge in [-0.05, 0) is 24.0 Å². The quantitative estimate of drug-likeness (QED) is 0.874. The van der Waals surface area contributed by atoms with Crippen molar-refractivity contribution in [3.8, 4) is 0 Å². The van der Waals surface area contributed by atoms with Crippen LogP contribution in [0.4, 0.5) is 0 Å². The van der Waals surface area contributed by atoms with Crippen LogP contribution in [0.5, 0.6) is 0 Å². The summed E-state index contributed by atoms with van der Waals surface area (Å²) >= 11 is 0. The molecule has 1 aliphatic carbocycles. The number of carbonyl (C=O) groups is 1. The zero-order valence-corrected chi connectivity index (χ0v) is 12.3. The van der Waals surface area contributed by atoms with Crippen LogP contribution in [-0.4, -0.2) is 31.4 Å². The molecule has 4 nitrogen and oxygen atoms in total. The molecular weight excluding hydrogens is 268 g/mol. The lowest BCUT2D eigenvalue weighted by atomic mass is 9.78. The Morgan fingerprint density at radius 3 is 2.43 bits per heavy atom. The van der Waals surface area contributed by atoms with Crippen LogP contribution in [0.15, 0.2) is 54.1 Å². The highest BCUT2D eigenvalue weighted by molar-refractivity contribution is 5.76. The molecule has 2 rings (SSSR count). The molecule has 1 aromatic rings. The van der Waals surface area contributed by atoms with Crippen LogP contribution in [0, 0.1) is 0 Å². The molecule has 0 aliphatic heterocycles. The van der Waals surface area contributed by atoms with Gasteiger partial charge in [0.2, 0.25) is 0 Å². The maximum atomic E-state index is 11.7. The third-order valence-electron chi connectivity index (χ3n) is 3.78. The highest BCUT2D eigenvalue weighted by Crippen LogP contribution is 2.40. The Balaban J connectivity index is 2.64. The normalized spacial score (nSPS) is 18.7. The summed E-state index contributed by atoms with van der Waals surface area (Å²) in [6, 6.07) is 9.34. The van der Waals surface area contributed by atoms with Crippen molar-refractivity contribution in [1.29, 1.82) is 0 Å². The fraction of sp³-hybridized carbons (Fsp3) is 0.353. The molecule has 0 radical (unpaired) electrons. The number of hydrogen-bond donors (Lipinski definition) is 1. The Kier molecular flexibility index (Phi) is 4.94. The number of carboxylic acids is 1. The van der Waals surface area contributed by atoms with Crippen molar-refractivity contribution in [3.63, 3.8) is 0 Å². The molecule has 1 N–H and O–H groups in total. The lowest BCUT2D eigenvalue weighted by Gasteiger charge is -2.39. The fourth-order valence-electron chi connectivity index (χ4n) is 2.83. The van der Waals surface area contributed by atoms with Crippen LogP contribution >= 0.6 is 0 Å². The minimum Gasteiger partial charge on any atom is -0.479 e. The van der Waals surface area contributed by atoms with Crippen LogP contribution in [-0.2, 0) is 19.9 Å². The summed E-state index contributed by atoms with van der Waals surface area (Å²) in [4.78, 5) is 11.7. The lowest BCUT2D eigenvalue weighted by molar-refractivity contribution is -0.168. The Morgan fingerprint density at radius 1 is 1.24 bits per heavy atom. The molecule has 4 heteroatoms. The summed E-state index contributed by atoms with van der Waals surface area (Å²) in [6.07, 6.45) is 6.66. The average molecular weight is 288 g/mol. The molecule has 0 aromatic heterocycles. The van der Waals surface area contributed by atoms with Gasteiger partial charge in [-0.25, -0.2) is 4.79 Å². The number of benzene rings is 1. The average Bonchev–Trinajstić information content (AvgIpc) is 2.54. The van der Waals surface area contributed by atoms with E-state index in [4.69, 9.17) is 9.47 Å². The molecule has 0 saturated carbocycles. The van der Waals surface area contributed by atoms with Gasteiger partial charge in [-0.3, -0.25) is 0 Å². The molecule has 1 aromatic carbocycles. The first-order valence-corrected chi connectivity index (χ1v) is 6.90. The van der Waals surface area contributed by atoms with E-state index in [1.807, 2.05) is 48.6 Å². The molecule has 0 heterocycles. The minimum atomic E-state index is -1.15. The summed E-state index contributed by atoms with van der Waals surface area (Å²) in [7, 11) is 2.91. The van der Waals surface area contributed by atoms with E-state index in [0.29, 0.717) is 0 Å². The van der Waals surface area contributed by atoms with E-state index in [1.54, 1.807) is 0 Å². The van der Waals surface area contributed by atoms with E-state index < -0.39 is 17.7 Å². The fourth-order valence-corrected chi connectivity index (χ4v) is 2.83. The maximum Gasteiger partial charge on any atom is 0.336 e. The third-order valence-corrected chi connectivity index (χ3v) is 3.78. The zero-order chi connectivity index (χ0) is 15.3. The number of hydrogen-bond acceptors (Lipinski definition) is 3. The van der Waals surface area contributed by atoms with Crippen LogP contribution < -0.4 is 0 Å². The van der Waals surface area contributed by atoms with E-state index in [1.165, 1.54) is 14.2 Å². The van der Waals surface area contributed by atoms with E-state index in [-0.39, 0.29) is 0 Å². The number of ether oxygens (including phenoxy) is 2.